The topological polar surface area (TPSA) is 68.0 Å². The normalized spacial score (nSPS) is 13.9. The molecule has 1 aromatic rings. The molecule has 7 heteroatoms. The van der Waals surface area contributed by atoms with Gasteiger partial charge in [-0.2, -0.15) is 13.2 Å². The van der Waals surface area contributed by atoms with E-state index in [-0.39, 0.29) is 23.6 Å². The van der Waals surface area contributed by atoms with Crippen LogP contribution in [0, 0.1) is 11.3 Å². The minimum Gasteiger partial charge on any atom is -0.330 e. The van der Waals surface area contributed by atoms with E-state index < -0.39 is 17.8 Å². The third-order valence-electron chi connectivity index (χ3n) is 2.84. The molecule has 118 valence electrons. The van der Waals surface area contributed by atoms with Crippen molar-refractivity contribution in [1.82, 2.24) is 4.98 Å². The fraction of sp³-hybridized carbons (Fsp3) is 0.571. The van der Waals surface area contributed by atoms with E-state index in [4.69, 9.17) is 5.73 Å². The van der Waals surface area contributed by atoms with Gasteiger partial charge in [0.25, 0.3) is 0 Å². The van der Waals surface area contributed by atoms with Crippen LogP contribution in [0.25, 0.3) is 0 Å². The quantitative estimate of drug-likeness (QED) is 0.898. The number of hydrogen-bond donors (Lipinski definition) is 2. The molecular weight excluding hydrogens is 283 g/mol. The molecule has 4 nitrogen and oxygen atoms in total. The van der Waals surface area contributed by atoms with Gasteiger partial charge in [-0.05, 0) is 24.0 Å². The maximum Gasteiger partial charge on any atom is 0.433 e. The highest BCUT2D eigenvalue weighted by Crippen LogP contribution is 2.28. The average Bonchev–Trinajstić information content (AvgIpc) is 2.34. The van der Waals surface area contributed by atoms with Crippen LogP contribution in [-0.4, -0.2) is 17.4 Å². The highest BCUT2D eigenvalue weighted by molar-refractivity contribution is 5.92. The van der Waals surface area contributed by atoms with Gasteiger partial charge in [0.15, 0.2) is 0 Å². The fourth-order valence-corrected chi connectivity index (χ4v) is 1.90. The molecule has 0 bridgehead atoms. The van der Waals surface area contributed by atoms with Crippen molar-refractivity contribution in [2.45, 2.75) is 33.4 Å². The molecule has 0 aromatic carbocycles. The predicted molar refractivity (Wildman–Crippen MR) is 74.5 cm³/mol. The Balaban J connectivity index is 2.74. The minimum absolute atomic E-state index is 0.0697. The Kier molecular flexibility index (Phi) is 5.33. The Morgan fingerprint density at radius 1 is 1.33 bits per heavy atom. The maximum atomic E-state index is 12.4. The summed E-state index contributed by atoms with van der Waals surface area (Å²) in [5.41, 5.74) is 4.75. The monoisotopic (exact) mass is 303 g/mol. The van der Waals surface area contributed by atoms with Gasteiger partial charge in [-0.25, -0.2) is 4.98 Å². The molecule has 3 N–H and O–H groups in total. The van der Waals surface area contributed by atoms with E-state index in [2.05, 4.69) is 10.3 Å². The van der Waals surface area contributed by atoms with E-state index in [1.165, 1.54) is 6.07 Å². The molecule has 21 heavy (non-hydrogen) atoms. The number of amides is 1. The second kappa shape index (κ2) is 6.43. The third kappa shape index (κ3) is 5.71. The molecule has 1 heterocycles. The van der Waals surface area contributed by atoms with Crippen LogP contribution in [0.5, 0.6) is 0 Å². The zero-order valence-electron chi connectivity index (χ0n) is 12.3. The number of hydrogen-bond acceptors (Lipinski definition) is 3. The molecule has 0 saturated carbocycles. The molecule has 0 aliphatic rings. The van der Waals surface area contributed by atoms with Gasteiger partial charge in [0.05, 0.1) is 17.8 Å². The van der Waals surface area contributed by atoms with Crippen LogP contribution in [0.2, 0.25) is 0 Å². The summed E-state index contributed by atoms with van der Waals surface area (Å²) < 4.78 is 37.2. The summed E-state index contributed by atoms with van der Waals surface area (Å²) in [6.45, 7) is 6.14. The second-order valence-electron chi connectivity index (χ2n) is 6.12. The van der Waals surface area contributed by atoms with Crippen molar-refractivity contribution in [3.05, 3.63) is 24.0 Å². The molecular formula is C14H20F3N3O. The number of halogens is 3. The van der Waals surface area contributed by atoms with Crippen molar-refractivity contribution in [2.24, 2.45) is 17.1 Å². The molecule has 0 spiro atoms. The van der Waals surface area contributed by atoms with Crippen molar-refractivity contribution in [3.8, 4) is 0 Å². The lowest BCUT2D eigenvalue weighted by atomic mass is 9.84. The van der Waals surface area contributed by atoms with Crippen molar-refractivity contribution in [1.29, 1.82) is 0 Å². The lowest BCUT2D eigenvalue weighted by molar-refractivity contribution is -0.141. The lowest BCUT2D eigenvalue weighted by Crippen LogP contribution is -2.32. The van der Waals surface area contributed by atoms with Gasteiger partial charge >= 0.3 is 6.18 Å². The Bertz CT molecular complexity index is 478. The van der Waals surface area contributed by atoms with Crippen LogP contribution >= 0.6 is 0 Å². The number of aromatic nitrogens is 1. The molecule has 0 aliphatic carbocycles. The number of nitrogens with two attached hydrogens (primary N) is 1. The zero-order chi connectivity index (χ0) is 16.3. The molecule has 1 amide bonds. The van der Waals surface area contributed by atoms with E-state index in [9.17, 15) is 18.0 Å². The van der Waals surface area contributed by atoms with E-state index in [0.29, 0.717) is 6.42 Å². The highest BCUT2D eigenvalue weighted by Gasteiger charge is 2.32. The highest BCUT2D eigenvalue weighted by atomic mass is 19.4. The number of alkyl halides is 3. The average molecular weight is 303 g/mol. The molecule has 0 saturated heterocycles. The molecule has 1 unspecified atom stereocenters. The van der Waals surface area contributed by atoms with Gasteiger partial charge in [0.2, 0.25) is 5.91 Å². The second-order valence-corrected chi connectivity index (χ2v) is 6.12. The molecule has 1 aromatic heterocycles. The zero-order valence-corrected chi connectivity index (χ0v) is 12.3. The first kappa shape index (κ1) is 17.4. The number of carbonyl (C=O) groups excluding carboxylic acids is 1. The molecule has 0 aliphatic heterocycles. The van der Waals surface area contributed by atoms with Crippen molar-refractivity contribution < 1.29 is 18.0 Å². The van der Waals surface area contributed by atoms with Gasteiger partial charge in [0, 0.05) is 6.54 Å². The van der Waals surface area contributed by atoms with Crippen LogP contribution in [0.15, 0.2) is 18.3 Å². The van der Waals surface area contributed by atoms with Gasteiger partial charge in [0.1, 0.15) is 5.69 Å². The van der Waals surface area contributed by atoms with Crippen LogP contribution < -0.4 is 11.1 Å². The Hall–Kier alpha value is -1.63. The van der Waals surface area contributed by atoms with Gasteiger partial charge in [-0.15, -0.1) is 0 Å². The van der Waals surface area contributed by atoms with Crippen LogP contribution in [0.1, 0.15) is 32.9 Å². The summed E-state index contributed by atoms with van der Waals surface area (Å²) >= 11 is 0. The molecule has 0 fully saturated rings. The Morgan fingerprint density at radius 3 is 2.33 bits per heavy atom. The van der Waals surface area contributed by atoms with Gasteiger partial charge in [-0.1, -0.05) is 20.8 Å². The van der Waals surface area contributed by atoms with Crippen molar-refractivity contribution in [2.75, 3.05) is 11.9 Å². The van der Waals surface area contributed by atoms with Crippen LogP contribution in [-0.2, 0) is 11.0 Å². The predicted octanol–water partition coefficient (Wildman–Crippen LogP) is 3.05. The molecule has 0 radical (unpaired) electrons. The summed E-state index contributed by atoms with van der Waals surface area (Å²) in [4.78, 5) is 15.4. The van der Waals surface area contributed by atoms with E-state index in [1.807, 2.05) is 20.8 Å². The first-order chi connectivity index (χ1) is 9.53. The summed E-state index contributed by atoms with van der Waals surface area (Å²) in [6.07, 6.45) is -2.91. The van der Waals surface area contributed by atoms with Gasteiger partial charge < -0.3 is 11.1 Å². The number of carbonyl (C=O) groups is 1. The summed E-state index contributed by atoms with van der Waals surface area (Å²) in [7, 11) is 0. The van der Waals surface area contributed by atoms with E-state index in [1.54, 1.807) is 0 Å². The first-order valence-corrected chi connectivity index (χ1v) is 6.57. The summed E-state index contributed by atoms with van der Waals surface area (Å²) in [5.74, 6) is -0.707. The molecule has 1 atom stereocenters. The SMILES string of the molecule is CC(C)(C)CC(CN)C(=O)Nc1ccc(C(F)(F)F)nc1. The molecule has 1 rings (SSSR count). The number of nitrogens with zero attached hydrogens (tertiary/aromatic N) is 1. The van der Waals surface area contributed by atoms with Gasteiger partial charge in [-0.3, -0.25) is 4.79 Å². The Labute approximate surface area is 121 Å². The number of rotatable bonds is 4. The van der Waals surface area contributed by atoms with E-state index in [0.717, 1.165) is 12.3 Å². The third-order valence-corrected chi connectivity index (χ3v) is 2.84. The number of nitrogens with one attached hydrogen (secondary N) is 1. The summed E-state index contributed by atoms with van der Waals surface area (Å²) in [5, 5.41) is 2.55. The largest absolute Gasteiger partial charge is 0.433 e. The lowest BCUT2D eigenvalue weighted by Gasteiger charge is -2.24. The maximum absolute atomic E-state index is 12.4. The minimum atomic E-state index is -4.49. The van der Waals surface area contributed by atoms with Crippen LogP contribution in [0.4, 0.5) is 18.9 Å². The standard InChI is InChI=1S/C14H20F3N3O/c1-13(2,3)6-9(7-18)12(21)20-10-4-5-11(19-8-10)14(15,16)17/h4-5,8-9H,6-7,18H2,1-3H3,(H,20,21). The number of pyridine rings is 1. The van der Waals surface area contributed by atoms with Crippen LogP contribution in [0.3, 0.4) is 0 Å². The first-order valence-electron chi connectivity index (χ1n) is 6.57. The smallest absolute Gasteiger partial charge is 0.330 e. The Morgan fingerprint density at radius 2 is 1.95 bits per heavy atom. The van der Waals surface area contributed by atoms with E-state index >= 15 is 0 Å². The fourth-order valence-electron chi connectivity index (χ4n) is 1.90. The van der Waals surface area contributed by atoms with Crippen molar-refractivity contribution >= 4 is 11.6 Å². The number of anilines is 1. The van der Waals surface area contributed by atoms with Crippen molar-refractivity contribution in [3.63, 3.8) is 0 Å². The summed E-state index contributed by atoms with van der Waals surface area (Å²) in [6, 6.07) is 2.01.